The smallest absolute Gasteiger partial charge is 0.258 e. The van der Waals surface area contributed by atoms with Gasteiger partial charge < -0.3 is 5.32 Å². The molecule has 0 unspecified atom stereocenters. The summed E-state index contributed by atoms with van der Waals surface area (Å²) in [5, 5.41) is 11.1. The average Bonchev–Trinajstić information content (AvgIpc) is 2.95. The van der Waals surface area contributed by atoms with Gasteiger partial charge in [-0.1, -0.05) is 35.9 Å². The highest BCUT2D eigenvalue weighted by Crippen LogP contribution is 2.15. The minimum Gasteiger partial charge on any atom is -0.326 e. The quantitative estimate of drug-likeness (QED) is 0.470. The minimum atomic E-state index is -0.272. The van der Waals surface area contributed by atoms with Crippen LogP contribution in [0.2, 0.25) is 5.02 Å². The van der Waals surface area contributed by atoms with Gasteiger partial charge >= 0.3 is 0 Å². The van der Waals surface area contributed by atoms with Crippen molar-refractivity contribution in [1.29, 1.82) is 0 Å². The second-order valence-electron chi connectivity index (χ2n) is 7.16. The van der Waals surface area contributed by atoms with E-state index in [4.69, 9.17) is 11.6 Å². The molecule has 156 valence electrons. The zero-order valence-corrected chi connectivity index (χ0v) is 18.4. The molecule has 0 fully saturated rings. The number of para-hydroxylation sites is 1. The van der Waals surface area contributed by atoms with Crippen LogP contribution in [0, 0.1) is 20.8 Å². The van der Waals surface area contributed by atoms with Crippen LogP contribution in [0.15, 0.2) is 53.5 Å². The fourth-order valence-electron chi connectivity index (χ4n) is 3.22. The van der Waals surface area contributed by atoms with Gasteiger partial charge in [0.15, 0.2) is 0 Å². The van der Waals surface area contributed by atoms with Gasteiger partial charge in [0.1, 0.15) is 0 Å². The maximum Gasteiger partial charge on any atom is 0.258 e. The van der Waals surface area contributed by atoms with Crippen LogP contribution < -0.4 is 10.6 Å². The number of guanidine groups is 1. The maximum atomic E-state index is 12.7. The Kier molecular flexibility index (Phi) is 6.90. The van der Waals surface area contributed by atoms with Crippen molar-refractivity contribution < 1.29 is 4.79 Å². The molecular weight excluding hydrogens is 398 g/mol. The minimum absolute atomic E-state index is 0.272. The molecular formula is C23H26ClN5O. The van der Waals surface area contributed by atoms with Gasteiger partial charge in [-0.3, -0.25) is 19.8 Å². The number of rotatable bonds is 5. The lowest BCUT2D eigenvalue weighted by molar-refractivity contribution is 0.0977. The first-order valence-corrected chi connectivity index (χ1v) is 10.2. The van der Waals surface area contributed by atoms with E-state index in [-0.39, 0.29) is 5.91 Å². The Balaban J connectivity index is 1.80. The van der Waals surface area contributed by atoms with E-state index in [1.807, 2.05) is 56.8 Å². The van der Waals surface area contributed by atoms with Crippen molar-refractivity contribution in [3.63, 3.8) is 0 Å². The third-order valence-corrected chi connectivity index (χ3v) is 5.24. The molecule has 1 amide bonds. The third kappa shape index (κ3) is 5.27. The molecule has 0 spiro atoms. The highest BCUT2D eigenvalue weighted by atomic mass is 35.5. The lowest BCUT2D eigenvalue weighted by Crippen LogP contribution is -2.36. The molecule has 7 heteroatoms. The Morgan fingerprint density at radius 2 is 1.90 bits per heavy atom. The molecule has 0 saturated heterocycles. The number of nitrogens with zero attached hydrogens (tertiary/aromatic N) is 3. The number of aryl methyl sites for hydroxylation is 3. The van der Waals surface area contributed by atoms with Gasteiger partial charge in [0, 0.05) is 35.6 Å². The molecule has 2 N–H and O–H groups in total. The fourth-order valence-corrected chi connectivity index (χ4v) is 3.41. The highest BCUT2D eigenvalue weighted by molar-refractivity contribution is 6.31. The number of anilines is 1. The van der Waals surface area contributed by atoms with Crippen LogP contribution in [0.3, 0.4) is 0 Å². The van der Waals surface area contributed by atoms with E-state index in [0.717, 1.165) is 29.1 Å². The van der Waals surface area contributed by atoms with Gasteiger partial charge in [-0.2, -0.15) is 5.10 Å². The molecule has 30 heavy (non-hydrogen) atoms. The van der Waals surface area contributed by atoms with Crippen LogP contribution >= 0.6 is 11.6 Å². The Morgan fingerprint density at radius 3 is 2.57 bits per heavy atom. The van der Waals surface area contributed by atoms with Gasteiger partial charge in [0.25, 0.3) is 5.91 Å². The van der Waals surface area contributed by atoms with E-state index in [1.165, 1.54) is 5.56 Å². The van der Waals surface area contributed by atoms with Gasteiger partial charge in [0.2, 0.25) is 5.96 Å². The molecule has 0 radical (unpaired) electrons. The third-order valence-electron chi connectivity index (χ3n) is 5.01. The molecule has 0 saturated carbocycles. The molecule has 6 nitrogen and oxygen atoms in total. The largest absolute Gasteiger partial charge is 0.326 e. The zero-order valence-electron chi connectivity index (χ0n) is 17.7. The van der Waals surface area contributed by atoms with Crippen LogP contribution in [-0.4, -0.2) is 28.2 Å². The summed E-state index contributed by atoms with van der Waals surface area (Å²) < 4.78 is 1.88. The zero-order chi connectivity index (χ0) is 21.7. The molecule has 1 heterocycles. The molecule has 0 aliphatic carbocycles. The molecule has 2 aromatic carbocycles. The first kappa shape index (κ1) is 21.6. The van der Waals surface area contributed by atoms with Gasteiger partial charge in [-0.05, 0) is 62.6 Å². The van der Waals surface area contributed by atoms with Gasteiger partial charge in [-0.15, -0.1) is 0 Å². The van der Waals surface area contributed by atoms with E-state index in [9.17, 15) is 4.79 Å². The van der Waals surface area contributed by atoms with Crippen LogP contribution in [0.25, 0.3) is 0 Å². The summed E-state index contributed by atoms with van der Waals surface area (Å²) in [6.45, 7) is 6.56. The topological polar surface area (TPSA) is 71.3 Å². The van der Waals surface area contributed by atoms with Crippen LogP contribution in [0.1, 0.15) is 32.9 Å². The number of carbonyl (C=O) groups is 1. The molecule has 0 bridgehead atoms. The van der Waals surface area contributed by atoms with Crippen molar-refractivity contribution >= 4 is 29.2 Å². The Bertz CT molecular complexity index is 1090. The summed E-state index contributed by atoms with van der Waals surface area (Å²) in [5.74, 6) is 0.125. The van der Waals surface area contributed by atoms with Crippen molar-refractivity contribution in [2.24, 2.45) is 12.0 Å². The van der Waals surface area contributed by atoms with Crippen molar-refractivity contribution in [2.45, 2.75) is 27.2 Å². The summed E-state index contributed by atoms with van der Waals surface area (Å²) in [5.41, 5.74) is 5.72. The standard InChI is InChI=1S/C23H26ClN5O/c1-15-8-5-6-11-21(15)26-23(27-22(30)18-9-7-10-19(24)14-18)25-13-12-20-16(2)28-29(4)17(20)3/h5-11,14H,12-13H2,1-4H3,(H2,25,26,27,30). The molecule has 3 aromatic rings. The summed E-state index contributed by atoms with van der Waals surface area (Å²) in [6.07, 6.45) is 0.734. The Hall–Kier alpha value is -3.12. The van der Waals surface area contributed by atoms with Crippen molar-refractivity contribution in [3.05, 3.63) is 81.6 Å². The number of nitrogens with one attached hydrogen (secondary N) is 2. The number of carbonyl (C=O) groups excluding carboxylic acids is 1. The molecule has 0 atom stereocenters. The van der Waals surface area contributed by atoms with Crippen molar-refractivity contribution in [1.82, 2.24) is 15.1 Å². The number of hydrogen-bond acceptors (Lipinski definition) is 3. The van der Waals surface area contributed by atoms with E-state index in [1.54, 1.807) is 24.3 Å². The van der Waals surface area contributed by atoms with Crippen LogP contribution in [0.5, 0.6) is 0 Å². The maximum absolute atomic E-state index is 12.7. The van der Waals surface area contributed by atoms with Gasteiger partial charge in [0.05, 0.1) is 5.69 Å². The molecule has 3 rings (SSSR count). The summed E-state index contributed by atoms with van der Waals surface area (Å²) in [6, 6.07) is 14.7. The van der Waals surface area contributed by atoms with Gasteiger partial charge in [-0.25, -0.2) is 0 Å². The molecule has 1 aromatic heterocycles. The number of aromatic nitrogens is 2. The van der Waals surface area contributed by atoms with Crippen LogP contribution in [-0.2, 0) is 13.5 Å². The number of amides is 1. The molecule has 0 aliphatic rings. The monoisotopic (exact) mass is 423 g/mol. The number of aliphatic imine (C=N–C) groups is 1. The highest BCUT2D eigenvalue weighted by Gasteiger charge is 2.12. The lowest BCUT2D eigenvalue weighted by Gasteiger charge is -2.14. The summed E-state index contributed by atoms with van der Waals surface area (Å²) in [4.78, 5) is 17.4. The van der Waals surface area contributed by atoms with E-state index >= 15 is 0 Å². The fraction of sp³-hybridized carbons (Fsp3) is 0.261. The van der Waals surface area contributed by atoms with E-state index in [2.05, 4.69) is 20.7 Å². The number of benzene rings is 2. The predicted octanol–water partition coefficient (Wildman–Crippen LogP) is 4.44. The Morgan fingerprint density at radius 1 is 1.13 bits per heavy atom. The normalized spacial score (nSPS) is 11.4. The number of hydrogen-bond donors (Lipinski definition) is 2. The number of halogens is 1. The van der Waals surface area contributed by atoms with Crippen molar-refractivity contribution in [2.75, 3.05) is 11.9 Å². The van der Waals surface area contributed by atoms with E-state index in [0.29, 0.717) is 23.1 Å². The summed E-state index contributed by atoms with van der Waals surface area (Å²) >= 11 is 6.03. The molecule has 0 aliphatic heterocycles. The second kappa shape index (κ2) is 9.59. The van der Waals surface area contributed by atoms with E-state index < -0.39 is 0 Å². The average molecular weight is 424 g/mol. The first-order valence-electron chi connectivity index (χ1n) is 9.78. The second-order valence-corrected chi connectivity index (χ2v) is 7.59. The lowest BCUT2D eigenvalue weighted by atomic mass is 10.1. The predicted molar refractivity (Wildman–Crippen MR) is 122 cm³/mol. The van der Waals surface area contributed by atoms with Crippen LogP contribution in [0.4, 0.5) is 5.69 Å². The SMILES string of the molecule is Cc1ccccc1NC(=NCCc1c(C)nn(C)c1C)NC(=O)c1cccc(Cl)c1. The summed E-state index contributed by atoms with van der Waals surface area (Å²) in [7, 11) is 1.94. The Labute approximate surface area is 182 Å². The first-order chi connectivity index (χ1) is 14.3. The van der Waals surface area contributed by atoms with Crippen molar-refractivity contribution in [3.8, 4) is 0 Å².